The molecule has 0 spiro atoms. The highest BCUT2D eigenvalue weighted by atomic mass is 16.7. The highest BCUT2D eigenvalue weighted by Gasteiger charge is 2.39. The molecule has 0 radical (unpaired) electrons. The third-order valence-electron chi connectivity index (χ3n) is 5.49. The van der Waals surface area contributed by atoms with Crippen LogP contribution in [0.4, 0.5) is 5.69 Å². The van der Waals surface area contributed by atoms with Gasteiger partial charge < -0.3 is 5.32 Å². The molecular formula is C27H33N5O2. The van der Waals surface area contributed by atoms with Gasteiger partial charge in [0.1, 0.15) is 5.84 Å². The quantitative estimate of drug-likeness (QED) is 0.232. The molecule has 7 nitrogen and oxygen atoms in total. The number of carbonyl (C=O) groups excluding carboxylic acids is 1. The first-order chi connectivity index (χ1) is 15.9. The number of nitrogens with zero attached hydrogens (tertiary/aromatic N) is 1. The summed E-state index contributed by atoms with van der Waals surface area (Å²) in [5.41, 5.74) is 10.7. The van der Waals surface area contributed by atoms with Crippen molar-refractivity contribution in [3.63, 3.8) is 0 Å². The lowest BCUT2D eigenvalue weighted by atomic mass is 9.81. The Kier molecular flexibility index (Phi) is 7.13. The molecule has 1 amide bonds. The van der Waals surface area contributed by atoms with Gasteiger partial charge in [-0.05, 0) is 96.0 Å². The van der Waals surface area contributed by atoms with Crippen molar-refractivity contribution in [1.82, 2.24) is 10.9 Å². The number of hydrogen-bond donors (Lipinski definition) is 4. The molecule has 1 aliphatic heterocycles. The van der Waals surface area contributed by atoms with Crippen LogP contribution in [0.3, 0.4) is 0 Å². The van der Waals surface area contributed by atoms with Crippen LogP contribution in [-0.2, 0) is 9.63 Å². The highest BCUT2D eigenvalue weighted by molar-refractivity contribution is 6.19. The fraction of sp³-hybridized carbons (Fsp3) is 0.370. The van der Waals surface area contributed by atoms with Gasteiger partial charge in [-0.25, -0.2) is 10.9 Å². The van der Waals surface area contributed by atoms with Crippen LogP contribution < -0.4 is 16.2 Å². The summed E-state index contributed by atoms with van der Waals surface area (Å²) >= 11 is 0. The summed E-state index contributed by atoms with van der Waals surface area (Å²) in [6.07, 6.45) is 0. The van der Waals surface area contributed by atoms with Gasteiger partial charge in [0.25, 0.3) is 5.91 Å². The second kappa shape index (κ2) is 9.70. The SMILES string of the molecule is Cc1cc(C2=NNC(=O)C2(C)C)c(C)cc1C#CCNc1ccc(C(=N)NOC(C)(C)C)cc1. The molecule has 0 bridgehead atoms. The van der Waals surface area contributed by atoms with E-state index in [0.29, 0.717) is 6.54 Å². The lowest BCUT2D eigenvalue weighted by Gasteiger charge is -2.20. The van der Waals surface area contributed by atoms with Gasteiger partial charge in [-0.2, -0.15) is 5.10 Å². The fourth-order valence-electron chi connectivity index (χ4n) is 3.40. The zero-order valence-corrected chi connectivity index (χ0v) is 20.9. The van der Waals surface area contributed by atoms with Crippen LogP contribution in [0.1, 0.15) is 62.4 Å². The van der Waals surface area contributed by atoms with Gasteiger partial charge in [-0.1, -0.05) is 11.8 Å². The second-order valence-electron chi connectivity index (χ2n) is 9.93. The molecule has 0 atom stereocenters. The van der Waals surface area contributed by atoms with Crippen molar-refractivity contribution < 1.29 is 9.63 Å². The van der Waals surface area contributed by atoms with E-state index in [-0.39, 0.29) is 17.3 Å². The molecule has 2 aromatic rings. The number of hydroxylamine groups is 1. The summed E-state index contributed by atoms with van der Waals surface area (Å²) in [6, 6.07) is 11.6. The molecule has 178 valence electrons. The van der Waals surface area contributed by atoms with E-state index in [0.717, 1.165) is 39.2 Å². The summed E-state index contributed by atoms with van der Waals surface area (Å²) in [4.78, 5) is 17.5. The summed E-state index contributed by atoms with van der Waals surface area (Å²) in [5.74, 6) is 6.53. The third kappa shape index (κ3) is 5.83. The summed E-state index contributed by atoms with van der Waals surface area (Å²) in [5, 5.41) is 15.6. The molecule has 0 saturated heterocycles. The van der Waals surface area contributed by atoms with E-state index >= 15 is 0 Å². The van der Waals surface area contributed by atoms with Gasteiger partial charge in [0.15, 0.2) is 0 Å². The molecule has 34 heavy (non-hydrogen) atoms. The minimum absolute atomic E-state index is 0.0890. The van der Waals surface area contributed by atoms with Crippen molar-refractivity contribution in [3.8, 4) is 11.8 Å². The van der Waals surface area contributed by atoms with Gasteiger partial charge in [-0.15, -0.1) is 0 Å². The van der Waals surface area contributed by atoms with E-state index in [2.05, 4.69) is 39.2 Å². The van der Waals surface area contributed by atoms with E-state index in [4.69, 9.17) is 10.2 Å². The second-order valence-corrected chi connectivity index (χ2v) is 9.93. The molecule has 3 rings (SSSR count). The number of nitrogens with one attached hydrogen (secondary N) is 4. The Morgan fingerprint density at radius 2 is 1.82 bits per heavy atom. The van der Waals surface area contributed by atoms with Crippen LogP contribution in [0, 0.1) is 36.5 Å². The van der Waals surface area contributed by atoms with Gasteiger partial charge in [0.05, 0.1) is 23.3 Å². The number of anilines is 1. The molecular weight excluding hydrogens is 426 g/mol. The van der Waals surface area contributed by atoms with E-state index < -0.39 is 5.41 Å². The van der Waals surface area contributed by atoms with E-state index in [1.54, 1.807) is 0 Å². The first-order valence-electron chi connectivity index (χ1n) is 11.2. The predicted molar refractivity (Wildman–Crippen MR) is 137 cm³/mol. The van der Waals surface area contributed by atoms with Gasteiger partial charge >= 0.3 is 0 Å². The Morgan fingerprint density at radius 3 is 2.41 bits per heavy atom. The largest absolute Gasteiger partial charge is 0.374 e. The Bertz CT molecular complexity index is 1190. The van der Waals surface area contributed by atoms with Crippen molar-refractivity contribution in [2.24, 2.45) is 10.5 Å². The monoisotopic (exact) mass is 459 g/mol. The Morgan fingerprint density at radius 1 is 1.15 bits per heavy atom. The molecule has 0 saturated carbocycles. The molecule has 7 heteroatoms. The molecule has 1 aliphatic rings. The van der Waals surface area contributed by atoms with Crippen molar-refractivity contribution in [2.45, 2.75) is 54.1 Å². The average Bonchev–Trinajstić information content (AvgIpc) is 3.03. The van der Waals surface area contributed by atoms with Crippen LogP contribution in [0.15, 0.2) is 41.5 Å². The molecule has 0 aliphatic carbocycles. The Balaban J connectivity index is 1.62. The average molecular weight is 460 g/mol. The zero-order chi connectivity index (χ0) is 25.1. The topological polar surface area (TPSA) is 98.6 Å². The molecule has 0 aromatic heterocycles. The summed E-state index contributed by atoms with van der Waals surface area (Å²) in [6.45, 7) is 14.0. The smallest absolute Gasteiger partial charge is 0.251 e. The summed E-state index contributed by atoms with van der Waals surface area (Å²) in [7, 11) is 0. The molecule has 0 unspecified atom stereocenters. The first-order valence-corrected chi connectivity index (χ1v) is 11.2. The number of amides is 1. The standard InChI is InChI=1S/C27H33N5O2/c1-17-16-22(23-27(6,7)25(33)31-30-23)18(2)15-20(17)9-8-14-29-21-12-10-19(11-13-21)24(28)32-34-26(3,4)5/h10-13,15-16,29H,14H2,1-7H3,(H2,28,32)(H,31,33). The van der Waals surface area contributed by atoms with E-state index in [1.165, 1.54) is 0 Å². The number of hydrazone groups is 1. The number of hydrogen-bond acceptors (Lipinski definition) is 5. The minimum Gasteiger partial charge on any atom is -0.374 e. The molecule has 4 N–H and O–H groups in total. The zero-order valence-electron chi connectivity index (χ0n) is 20.9. The molecule has 1 heterocycles. The van der Waals surface area contributed by atoms with Gasteiger partial charge in [0, 0.05) is 22.4 Å². The fourth-order valence-corrected chi connectivity index (χ4v) is 3.40. The lowest BCUT2D eigenvalue weighted by molar-refractivity contribution is -0.125. The van der Waals surface area contributed by atoms with E-state index in [9.17, 15) is 4.79 Å². The normalized spacial score (nSPS) is 14.6. The first kappa shape index (κ1) is 25.0. The minimum atomic E-state index is -0.655. The third-order valence-corrected chi connectivity index (χ3v) is 5.49. The van der Waals surface area contributed by atoms with E-state index in [1.807, 2.05) is 78.8 Å². The van der Waals surface area contributed by atoms with Crippen molar-refractivity contribution in [3.05, 3.63) is 64.2 Å². The number of aryl methyl sites for hydroxylation is 2. The maximum absolute atomic E-state index is 12.1. The Labute approximate surface area is 201 Å². The Hall–Kier alpha value is -3.63. The van der Waals surface area contributed by atoms with Crippen molar-refractivity contribution >= 4 is 23.1 Å². The van der Waals surface area contributed by atoms with Gasteiger partial charge in [-0.3, -0.25) is 15.0 Å². The lowest BCUT2D eigenvalue weighted by Crippen LogP contribution is -2.33. The van der Waals surface area contributed by atoms with Crippen LogP contribution in [0.2, 0.25) is 0 Å². The van der Waals surface area contributed by atoms with Crippen LogP contribution in [0.25, 0.3) is 0 Å². The highest BCUT2D eigenvalue weighted by Crippen LogP contribution is 2.29. The van der Waals surface area contributed by atoms with Crippen LogP contribution in [-0.4, -0.2) is 29.6 Å². The van der Waals surface area contributed by atoms with Crippen LogP contribution in [0.5, 0.6) is 0 Å². The summed E-state index contributed by atoms with van der Waals surface area (Å²) < 4.78 is 0. The molecule has 0 fully saturated rings. The number of amidine groups is 1. The maximum Gasteiger partial charge on any atom is 0.251 e. The molecule has 2 aromatic carbocycles. The van der Waals surface area contributed by atoms with Crippen molar-refractivity contribution in [2.75, 3.05) is 11.9 Å². The van der Waals surface area contributed by atoms with Crippen LogP contribution >= 0.6 is 0 Å². The maximum atomic E-state index is 12.1. The number of benzene rings is 2. The van der Waals surface area contributed by atoms with Gasteiger partial charge in [0.2, 0.25) is 0 Å². The number of rotatable bonds is 5. The number of carbonyl (C=O) groups is 1. The predicted octanol–water partition coefficient (Wildman–Crippen LogP) is 4.27. The van der Waals surface area contributed by atoms with Crippen molar-refractivity contribution in [1.29, 1.82) is 5.41 Å².